The highest BCUT2D eigenvalue weighted by atomic mass is 16.5. The molecule has 0 saturated carbocycles. The fourth-order valence-electron chi connectivity index (χ4n) is 2.62. The molecule has 100 valence electrons. The Morgan fingerprint density at radius 1 is 1.39 bits per heavy atom. The standard InChI is InChI=1S/C15H23NO2/c1-11(2)7-14(17)15(9-16)8-12-5-3-4-6-13(12)18-10-15/h3-6,11,14,17H,7-10,16H2,1-2H3. The first-order valence-corrected chi connectivity index (χ1v) is 6.66. The van der Waals surface area contributed by atoms with E-state index >= 15 is 0 Å². The molecule has 2 rings (SSSR count). The van der Waals surface area contributed by atoms with Crippen LogP contribution in [-0.2, 0) is 6.42 Å². The van der Waals surface area contributed by atoms with Gasteiger partial charge in [0.1, 0.15) is 5.75 Å². The smallest absolute Gasteiger partial charge is 0.122 e. The lowest BCUT2D eigenvalue weighted by Crippen LogP contribution is -2.50. The molecule has 0 fully saturated rings. The maximum Gasteiger partial charge on any atom is 0.122 e. The van der Waals surface area contributed by atoms with Crippen molar-refractivity contribution in [1.29, 1.82) is 0 Å². The van der Waals surface area contributed by atoms with E-state index in [9.17, 15) is 5.11 Å². The van der Waals surface area contributed by atoms with Crippen molar-refractivity contribution in [1.82, 2.24) is 0 Å². The summed E-state index contributed by atoms with van der Waals surface area (Å²) in [4.78, 5) is 0. The van der Waals surface area contributed by atoms with Gasteiger partial charge < -0.3 is 15.6 Å². The van der Waals surface area contributed by atoms with Crippen molar-refractivity contribution < 1.29 is 9.84 Å². The van der Waals surface area contributed by atoms with Crippen molar-refractivity contribution in [2.75, 3.05) is 13.2 Å². The third kappa shape index (κ3) is 2.52. The van der Waals surface area contributed by atoms with Crippen LogP contribution >= 0.6 is 0 Å². The van der Waals surface area contributed by atoms with Crippen LogP contribution in [-0.4, -0.2) is 24.4 Å². The maximum absolute atomic E-state index is 10.5. The molecule has 1 aliphatic heterocycles. The zero-order chi connectivity index (χ0) is 13.2. The van der Waals surface area contributed by atoms with Gasteiger partial charge in [-0.2, -0.15) is 0 Å². The van der Waals surface area contributed by atoms with Gasteiger partial charge in [0.2, 0.25) is 0 Å². The molecule has 3 heteroatoms. The molecule has 3 N–H and O–H groups in total. The summed E-state index contributed by atoms with van der Waals surface area (Å²) in [6, 6.07) is 8.01. The first kappa shape index (κ1) is 13.4. The predicted molar refractivity (Wildman–Crippen MR) is 72.6 cm³/mol. The van der Waals surface area contributed by atoms with Crippen molar-refractivity contribution in [3.8, 4) is 5.75 Å². The van der Waals surface area contributed by atoms with Crippen LogP contribution in [0.4, 0.5) is 0 Å². The minimum atomic E-state index is -0.407. The largest absolute Gasteiger partial charge is 0.493 e. The Hall–Kier alpha value is -1.06. The van der Waals surface area contributed by atoms with Gasteiger partial charge in [-0.15, -0.1) is 0 Å². The molecule has 3 nitrogen and oxygen atoms in total. The first-order valence-electron chi connectivity index (χ1n) is 6.66. The minimum Gasteiger partial charge on any atom is -0.493 e. The Kier molecular flexibility index (Phi) is 3.93. The van der Waals surface area contributed by atoms with E-state index in [4.69, 9.17) is 10.5 Å². The van der Waals surface area contributed by atoms with Gasteiger partial charge in [-0.3, -0.25) is 0 Å². The SMILES string of the molecule is CC(C)CC(O)C1(CN)COc2ccccc2C1. The topological polar surface area (TPSA) is 55.5 Å². The molecule has 1 heterocycles. The number of nitrogens with two attached hydrogens (primary N) is 1. The molecule has 0 saturated heterocycles. The number of ether oxygens (including phenoxy) is 1. The molecule has 0 spiro atoms. The van der Waals surface area contributed by atoms with Gasteiger partial charge in [0.15, 0.2) is 0 Å². The molecular formula is C15H23NO2. The van der Waals surface area contributed by atoms with Crippen LogP contribution in [0.1, 0.15) is 25.8 Å². The van der Waals surface area contributed by atoms with Crippen molar-refractivity contribution >= 4 is 0 Å². The van der Waals surface area contributed by atoms with E-state index in [2.05, 4.69) is 19.9 Å². The summed E-state index contributed by atoms with van der Waals surface area (Å²) in [6.07, 6.45) is 1.16. The zero-order valence-corrected chi connectivity index (χ0v) is 11.2. The summed E-state index contributed by atoms with van der Waals surface area (Å²) in [6.45, 7) is 5.19. The Bertz CT molecular complexity index is 405. The summed E-state index contributed by atoms with van der Waals surface area (Å²) in [7, 11) is 0. The fourth-order valence-corrected chi connectivity index (χ4v) is 2.62. The molecular weight excluding hydrogens is 226 g/mol. The average molecular weight is 249 g/mol. The molecule has 1 aromatic rings. The minimum absolute atomic E-state index is 0.335. The third-order valence-corrected chi connectivity index (χ3v) is 3.84. The lowest BCUT2D eigenvalue weighted by molar-refractivity contribution is -0.0250. The normalized spacial score (nSPS) is 24.5. The second-order valence-electron chi connectivity index (χ2n) is 5.79. The third-order valence-electron chi connectivity index (χ3n) is 3.84. The van der Waals surface area contributed by atoms with Crippen LogP contribution < -0.4 is 10.5 Å². The molecule has 0 aromatic heterocycles. The Balaban J connectivity index is 2.21. The highest BCUT2D eigenvalue weighted by Gasteiger charge is 2.41. The van der Waals surface area contributed by atoms with Crippen LogP contribution in [0.5, 0.6) is 5.75 Å². The lowest BCUT2D eigenvalue weighted by Gasteiger charge is -2.41. The summed E-state index contributed by atoms with van der Waals surface area (Å²) in [5, 5.41) is 10.5. The van der Waals surface area contributed by atoms with Crippen molar-refractivity contribution in [3.05, 3.63) is 29.8 Å². The Labute approximate surface area is 109 Å². The van der Waals surface area contributed by atoms with E-state index in [0.717, 1.165) is 24.2 Å². The average Bonchev–Trinajstić information content (AvgIpc) is 2.37. The van der Waals surface area contributed by atoms with Crippen LogP contribution in [0.25, 0.3) is 0 Å². The van der Waals surface area contributed by atoms with Gasteiger partial charge in [0, 0.05) is 12.0 Å². The lowest BCUT2D eigenvalue weighted by atomic mass is 9.73. The molecule has 1 aliphatic rings. The number of fused-ring (bicyclic) bond motifs is 1. The van der Waals surface area contributed by atoms with Gasteiger partial charge >= 0.3 is 0 Å². The van der Waals surface area contributed by atoms with Crippen LogP contribution in [0, 0.1) is 11.3 Å². The summed E-state index contributed by atoms with van der Waals surface area (Å²) >= 11 is 0. The maximum atomic E-state index is 10.5. The summed E-state index contributed by atoms with van der Waals surface area (Å²) in [5.41, 5.74) is 6.75. The van der Waals surface area contributed by atoms with Gasteiger partial charge in [-0.25, -0.2) is 0 Å². The molecule has 1 aromatic carbocycles. The highest BCUT2D eigenvalue weighted by Crippen LogP contribution is 2.37. The number of para-hydroxylation sites is 1. The number of hydrogen-bond donors (Lipinski definition) is 2. The fraction of sp³-hybridized carbons (Fsp3) is 0.600. The second kappa shape index (κ2) is 5.29. The van der Waals surface area contributed by atoms with Gasteiger partial charge in [0.05, 0.1) is 12.7 Å². The van der Waals surface area contributed by atoms with Gasteiger partial charge in [-0.1, -0.05) is 32.0 Å². The highest BCUT2D eigenvalue weighted by molar-refractivity contribution is 5.36. The zero-order valence-electron chi connectivity index (χ0n) is 11.2. The quantitative estimate of drug-likeness (QED) is 0.858. The number of rotatable bonds is 4. The van der Waals surface area contributed by atoms with E-state index in [1.54, 1.807) is 0 Å². The van der Waals surface area contributed by atoms with E-state index in [1.807, 2.05) is 18.2 Å². The summed E-state index contributed by atoms with van der Waals surface area (Å²) in [5.74, 6) is 1.39. The predicted octanol–water partition coefficient (Wildman–Crippen LogP) is 1.97. The van der Waals surface area contributed by atoms with Crippen LogP contribution in [0.3, 0.4) is 0 Å². The van der Waals surface area contributed by atoms with Crippen molar-refractivity contribution in [3.63, 3.8) is 0 Å². The molecule has 2 atom stereocenters. The molecule has 0 aliphatic carbocycles. The number of aliphatic hydroxyl groups excluding tert-OH is 1. The van der Waals surface area contributed by atoms with E-state index in [1.165, 1.54) is 0 Å². The summed E-state index contributed by atoms with van der Waals surface area (Å²) < 4.78 is 5.79. The van der Waals surface area contributed by atoms with Crippen molar-refractivity contribution in [2.45, 2.75) is 32.8 Å². The van der Waals surface area contributed by atoms with E-state index in [0.29, 0.717) is 19.1 Å². The first-order chi connectivity index (χ1) is 8.57. The molecule has 2 unspecified atom stereocenters. The second-order valence-corrected chi connectivity index (χ2v) is 5.79. The molecule has 0 bridgehead atoms. The number of hydrogen-bond acceptors (Lipinski definition) is 3. The van der Waals surface area contributed by atoms with E-state index < -0.39 is 6.10 Å². The molecule has 18 heavy (non-hydrogen) atoms. The van der Waals surface area contributed by atoms with Crippen molar-refractivity contribution in [2.24, 2.45) is 17.1 Å². The number of aliphatic hydroxyl groups is 1. The Morgan fingerprint density at radius 3 is 2.78 bits per heavy atom. The molecule has 0 amide bonds. The Morgan fingerprint density at radius 2 is 2.11 bits per heavy atom. The number of benzene rings is 1. The van der Waals surface area contributed by atoms with Crippen LogP contribution in [0.2, 0.25) is 0 Å². The van der Waals surface area contributed by atoms with Gasteiger partial charge in [-0.05, 0) is 30.4 Å². The monoisotopic (exact) mass is 249 g/mol. The molecule has 0 radical (unpaired) electrons. The van der Waals surface area contributed by atoms with Crippen LogP contribution in [0.15, 0.2) is 24.3 Å². The van der Waals surface area contributed by atoms with E-state index in [-0.39, 0.29) is 5.41 Å². The van der Waals surface area contributed by atoms with Gasteiger partial charge in [0.25, 0.3) is 0 Å².